The molecule has 0 bridgehead atoms. The summed E-state index contributed by atoms with van der Waals surface area (Å²) in [5.41, 5.74) is 0.822. The number of hydrogen-bond acceptors (Lipinski definition) is 4. The molecule has 21 heavy (non-hydrogen) atoms. The SMILES string of the molecule is Cc1csc(CCl)c1S(=O)(=O)N1CCCN2CCCC2C1. The van der Waals surface area contributed by atoms with Crippen molar-refractivity contribution >= 4 is 33.0 Å². The predicted molar refractivity (Wildman–Crippen MR) is 86.6 cm³/mol. The number of alkyl halides is 1. The van der Waals surface area contributed by atoms with Gasteiger partial charge in [0.05, 0.1) is 5.88 Å². The van der Waals surface area contributed by atoms with Crippen LogP contribution in [-0.4, -0.2) is 49.8 Å². The van der Waals surface area contributed by atoms with Crippen LogP contribution in [0.15, 0.2) is 10.3 Å². The molecule has 0 radical (unpaired) electrons. The molecule has 2 aliphatic rings. The van der Waals surface area contributed by atoms with E-state index in [1.54, 1.807) is 4.31 Å². The van der Waals surface area contributed by atoms with Crippen LogP contribution in [0.3, 0.4) is 0 Å². The van der Waals surface area contributed by atoms with Crippen molar-refractivity contribution < 1.29 is 8.42 Å². The van der Waals surface area contributed by atoms with Crippen molar-refractivity contribution in [3.05, 3.63) is 15.8 Å². The van der Waals surface area contributed by atoms with Crippen molar-refractivity contribution in [1.82, 2.24) is 9.21 Å². The molecule has 0 spiro atoms. The zero-order valence-electron chi connectivity index (χ0n) is 12.2. The van der Waals surface area contributed by atoms with Gasteiger partial charge < -0.3 is 0 Å². The Labute approximate surface area is 135 Å². The monoisotopic (exact) mass is 348 g/mol. The molecule has 118 valence electrons. The van der Waals surface area contributed by atoms with Crippen LogP contribution in [0.5, 0.6) is 0 Å². The minimum Gasteiger partial charge on any atom is -0.299 e. The highest BCUT2D eigenvalue weighted by Crippen LogP contribution is 2.32. The molecule has 0 aromatic carbocycles. The predicted octanol–water partition coefficient (Wildman–Crippen LogP) is 2.65. The Morgan fingerprint density at radius 1 is 1.33 bits per heavy atom. The lowest BCUT2D eigenvalue weighted by atomic mass is 10.2. The Kier molecular flexibility index (Phi) is 4.62. The number of thiophene rings is 1. The van der Waals surface area contributed by atoms with Crippen LogP contribution in [0.2, 0.25) is 0 Å². The summed E-state index contributed by atoms with van der Waals surface area (Å²) in [7, 11) is -3.42. The molecule has 2 saturated heterocycles. The topological polar surface area (TPSA) is 40.6 Å². The van der Waals surface area contributed by atoms with E-state index in [2.05, 4.69) is 4.90 Å². The molecule has 1 unspecified atom stereocenters. The second-order valence-electron chi connectivity index (χ2n) is 5.85. The molecule has 1 aromatic rings. The lowest BCUT2D eigenvalue weighted by Crippen LogP contribution is -2.39. The van der Waals surface area contributed by atoms with Gasteiger partial charge in [-0.2, -0.15) is 4.31 Å². The Balaban J connectivity index is 1.92. The van der Waals surface area contributed by atoms with Gasteiger partial charge >= 0.3 is 0 Å². The van der Waals surface area contributed by atoms with E-state index < -0.39 is 10.0 Å². The molecule has 1 aromatic heterocycles. The molecule has 4 nitrogen and oxygen atoms in total. The average molecular weight is 349 g/mol. The Bertz CT molecular complexity index is 614. The second-order valence-corrected chi connectivity index (χ2v) is 8.96. The number of sulfonamides is 1. The molecule has 3 heterocycles. The van der Waals surface area contributed by atoms with E-state index in [1.807, 2.05) is 12.3 Å². The van der Waals surface area contributed by atoms with Gasteiger partial charge in [-0.1, -0.05) is 0 Å². The largest absolute Gasteiger partial charge is 0.299 e. The van der Waals surface area contributed by atoms with Crippen LogP contribution in [0.25, 0.3) is 0 Å². The maximum absolute atomic E-state index is 13.0. The number of hydrogen-bond donors (Lipinski definition) is 0. The lowest BCUT2D eigenvalue weighted by molar-refractivity contribution is 0.257. The summed E-state index contributed by atoms with van der Waals surface area (Å²) < 4.78 is 27.8. The fourth-order valence-corrected chi connectivity index (χ4v) is 6.97. The van der Waals surface area contributed by atoms with Gasteiger partial charge in [0.15, 0.2) is 0 Å². The molecule has 7 heteroatoms. The molecule has 0 amide bonds. The van der Waals surface area contributed by atoms with Crippen molar-refractivity contribution in [2.75, 3.05) is 26.2 Å². The third kappa shape index (κ3) is 2.88. The first-order valence-corrected chi connectivity index (χ1v) is 10.3. The van der Waals surface area contributed by atoms with Crippen LogP contribution in [0, 0.1) is 6.92 Å². The first-order valence-electron chi connectivity index (χ1n) is 7.41. The highest BCUT2D eigenvalue weighted by molar-refractivity contribution is 7.89. The van der Waals surface area contributed by atoms with Gasteiger partial charge in [-0.25, -0.2) is 8.42 Å². The molecule has 0 saturated carbocycles. The summed E-state index contributed by atoms with van der Waals surface area (Å²) in [5.74, 6) is 0.260. The van der Waals surface area contributed by atoms with Crippen molar-refractivity contribution in [2.45, 2.75) is 43.0 Å². The molecule has 3 rings (SSSR count). The molecular formula is C14H21ClN2O2S2. The molecule has 0 aliphatic carbocycles. The minimum absolute atomic E-state index is 0.260. The maximum atomic E-state index is 13.0. The van der Waals surface area contributed by atoms with Crippen LogP contribution in [0.4, 0.5) is 0 Å². The highest BCUT2D eigenvalue weighted by Gasteiger charge is 2.36. The van der Waals surface area contributed by atoms with Crippen molar-refractivity contribution in [1.29, 1.82) is 0 Å². The third-order valence-electron chi connectivity index (χ3n) is 4.47. The minimum atomic E-state index is -3.42. The maximum Gasteiger partial charge on any atom is 0.244 e. The summed E-state index contributed by atoms with van der Waals surface area (Å²) in [5, 5.41) is 1.89. The second kappa shape index (κ2) is 6.16. The summed E-state index contributed by atoms with van der Waals surface area (Å²) in [6.07, 6.45) is 3.20. The van der Waals surface area contributed by atoms with Crippen LogP contribution < -0.4 is 0 Å². The fourth-order valence-electron chi connectivity index (χ4n) is 3.45. The number of rotatable bonds is 3. The fraction of sp³-hybridized carbons (Fsp3) is 0.714. The van der Waals surface area contributed by atoms with Crippen molar-refractivity contribution in [3.63, 3.8) is 0 Å². The quantitative estimate of drug-likeness (QED) is 0.788. The smallest absolute Gasteiger partial charge is 0.244 e. The molecule has 2 aliphatic heterocycles. The summed E-state index contributed by atoms with van der Waals surface area (Å²) in [6, 6.07) is 0.390. The standard InChI is InChI=1S/C14H21ClN2O2S2/c1-11-10-20-13(8-15)14(11)21(18,19)17-7-3-6-16-5-2-4-12(16)9-17/h10,12H,2-9H2,1H3. The van der Waals surface area contributed by atoms with Gasteiger partial charge in [-0.15, -0.1) is 22.9 Å². The summed E-state index contributed by atoms with van der Waals surface area (Å²) >= 11 is 7.37. The summed E-state index contributed by atoms with van der Waals surface area (Å²) in [4.78, 5) is 3.66. The number of halogens is 1. The first-order chi connectivity index (χ1) is 10.0. The summed E-state index contributed by atoms with van der Waals surface area (Å²) in [6.45, 7) is 5.23. The number of aryl methyl sites for hydroxylation is 1. The van der Waals surface area contributed by atoms with Crippen molar-refractivity contribution in [2.24, 2.45) is 0 Å². The van der Waals surface area contributed by atoms with E-state index in [9.17, 15) is 8.42 Å². The van der Waals surface area contributed by atoms with E-state index in [0.29, 0.717) is 24.0 Å². The molecule has 2 fully saturated rings. The normalized spacial score (nSPS) is 25.0. The van der Waals surface area contributed by atoms with Crippen LogP contribution in [-0.2, 0) is 15.9 Å². The van der Waals surface area contributed by atoms with Gasteiger partial charge in [0, 0.05) is 24.0 Å². The zero-order valence-corrected chi connectivity index (χ0v) is 14.6. The van der Waals surface area contributed by atoms with E-state index in [0.717, 1.165) is 36.4 Å². The van der Waals surface area contributed by atoms with Gasteiger partial charge in [0.2, 0.25) is 10.0 Å². The Morgan fingerprint density at radius 3 is 2.86 bits per heavy atom. The Morgan fingerprint density at radius 2 is 2.10 bits per heavy atom. The van der Waals surface area contributed by atoms with E-state index >= 15 is 0 Å². The van der Waals surface area contributed by atoms with E-state index in [-0.39, 0.29) is 5.88 Å². The first kappa shape index (κ1) is 15.7. The molecular weight excluding hydrogens is 328 g/mol. The Hall–Kier alpha value is -0.140. The van der Waals surface area contributed by atoms with E-state index in [1.165, 1.54) is 17.8 Å². The number of nitrogens with zero attached hydrogens (tertiary/aromatic N) is 2. The van der Waals surface area contributed by atoms with Crippen LogP contribution >= 0.6 is 22.9 Å². The highest BCUT2D eigenvalue weighted by atomic mass is 35.5. The average Bonchev–Trinajstić information content (AvgIpc) is 2.99. The van der Waals surface area contributed by atoms with E-state index in [4.69, 9.17) is 11.6 Å². The van der Waals surface area contributed by atoms with Gasteiger partial charge in [0.1, 0.15) is 4.90 Å². The number of fused-ring (bicyclic) bond motifs is 1. The van der Waals surface area contributed by atoms with Crippen molar-refractivity contribution in [3.8, 4) is 0 Å². The van der Waals surface area contributed by atoms with Gasteiger partial charge in [-0.3, -0.25) is 4.90 Å². The zero-order chi connectivity index (χ0) is 15.0. The third-order valence-corrected chi connectivity index (χ3v) is 8.23. The molecule has 1 atom stereocenters. The molecule has 0 N–H and O–H groups in total. The van der Waals surface area contributed by atoms with Gasteiger partial charge in [0.25, 0.3) is 0 Å². The lowest BCUT2D eigenvalue weighted by Gasteiger charge is -2.25. The van der Waals surface area contributed by atoms with Crippen LogP contribution in [0.1, 0.15) is 29.7 Å². The van der Waals surface area contributed by atoms with Gasteiger partial charge in [-0.05, 0) is 50.2 Å².